The fraction of sp³-hybridized carbons (Fsp3) is 0.533. The molecule has 1 amide bonds. The maximum Gasteiger partial charge on any atom is 0.241 e. The van der Waals surface area contributed by atoms with E-state index in [9.17, 15) is 4.79 Å². The van der Waals surface area contributed by atoms with Crippen molar-refractivity contribution in [1.29, 1.82) is 0 Å². The van der Waals surface area contributed by atoms with Gasteiger partial charge in [-0.05, 0) is 37.3 Å². The standard InChI is InChI=1S/C15H24N2O/c1-9-7-10(2)12(11(3)8-9)17-14(18)13(16)15(4,5)6/h7-8,13H,16H2,1-6H3,(H,17,18)/t13-/m1/s1. The minimum absolute atomic E-state index is 0.127. The maximum absolute atomic E-state index is 12.1. The van der Waals surface area contributed by atoms with Crippen LogP contribution in [0.1, 0.15) is 37.5 Å². The molecule has 0 aliphatic rings. The third kappa shape index (κ3) is 3.33. The van der Waals surface area contributed by atoms with Crippen LogP contribution in [-0.4, -0.2) is 11.9 Å². The molecule has 100 valence electrons. The molecule has 0 fully saturated rings. The van der Waals surface area contributed by atoms with Gasteiger partial charge in [0.1, 0.15) is 0 Å². The van der Waals surface area contributed by atoms with Crippen molar-refractivity contribution in [3.63, 3.8) is 0 Å². The lowest BCUT2D eigenvalue weighted by Gasteiger charge is -2.26. The Morgan fingerprint density at radius 3 is 2.00 bits per heavy atom. The van der Waals surface area contributed by atoms with Gasteiger partial charge in [0.05, 0.1) is 6.04 Å². The Bertz CT molecular complexity index is 435. The summed E-state index contributed by atoms with van der Waals surface area (Å²) in [6.07, 6.45) is 0. The Morgan fingerprint density at radius 1 is 1.17 bits per heavy atom. The maximum atomic E-state index is 12.1. The molecule has 18 heavy (non-hydrogen) atoms. The normalized spacial score (nSPS) is 13.3. The summed E-state index contributed by atoms with van der Waals surface area (Å²) >= 11 is 0. The van der Waals surface area contributed by atoms with Gasteiger partial charge in [-0.25, -0.2) is 0 Å². The molecule has 1 atom stereocenters. The van der Waals surface area contributed by atoms with Crippen LogP contribution in [0.4, 0.5) is 5.69 Å². The quantitative estimate of drug-likeness (QED) is 0.845. The molecule has 0 aromatic heterocycles. The molecule has 1 aromatic carbocycles. The van der Waals surface area contributed by atoms with E-state index in [0.717, 1.165) is 16.8 Å². The monoisotopic (exact) mass is 248 g/mol. The molecular formula is C15H24N2O. The average Bonchev–Trinajstić information content (AvgIpc) is 2.20. The fourth-order valence-electron chi connectivity index (χ4n) is 1.97. The predicted octanol–water partition coefficient (Wildman–Crippen LogP) is 2.92. The van der Waals surface area contributed by atoms with Crippen molar-refractivity contribution in [2.45, 2.75) is 47.6 Å². The number of nitrogens with two attached hydrogens (primary N) is 1. The smallest absolute Gasteiger partial charge is 0.241 e. The van der Waals surface area contributed by atoms with Gasteiger partial charge in [-0.1, -0.05) is 38.5 Å². The van der Waals surface area contributed by atoms with Crippen molar-refractivity contribution in [3.8, 4) is 0 Å². The van der Waals surface area contributed by atoms with Crippen LogP contribution in [0.15, 0.2) is 12.1 Å². The summed E-state index contributed by atoms with van der Waals surface area (Å²) in [4.78, 5) is 12.1. The molecule has 0 saturated carbocycles. The molecule has 3 nitrogen and oxygen atoms in total. The van der Waals surface area contributed by atoms with Crippen LogP contribution in [0.2, 0.25) is 0 Å². The minimum Gasteiger partial charge on any atom is -0.324 e. The highest BCUT2D eigenvalue weighted by atomic mass is 16.2. The summed E-state index contributed by atoms with van der Waals surface area (Å²) in [5.74, 6) is -0.127. The third-order valence-electron chi connectivity index (χ3n) is 3.14. The number of anilines is 1. The SMILES string of the molecule is Cc1cc(C)c(NC(=O)[C@@H](N)C(C)(C)C)c(C)c1. The van der Waals surface area contributed by atoms with E-state index in [-0.39, 0.29) is 11.3 Å². The van der Waals surface area contributed by atoms with E-state index in [1.54, 1.807) is 0 Å². The molecule has 0 aliphatic carbocycles. The molecule has 0 saturated heterocycles. The highest BCUT2D eigenvalue weighted by Crippen LogP contribution is 2.24. The number of nitrogens with one attached hydrogen (secondary N) is 1. The summed E-state index contributed by atoms with van der Waals surface area (Å²) in [5, 5.41) is 2.95. The van der Waals surface area contributed by atoms with Crippen LogP contribution in [0.25, 0.3) is 0 Å². The zero-order valence-corrected chi connectivity index (χ0v) is 12.2. The van der Waals surface area contributed by atoms with E-state index in [4.69, 9.17) is 5.73 Å². The molecule has 0 bridgehead atoms. The van der Waals surface area contributed by atoms with Crippen LogP contribution < -0.4 is 11.1 Å². The summed E-state index contributed by atoms with van der Waals surface area (Å²) < 4.78 is 0. The van der Waals surface area contributed by atoms with Gasteiger partial charge in [-0.3, -0.25) is 4.79 Å². The fourth-order valence-corrected chi connectivity index (χ4v) is 1.97. The third-order valence-corrected chi connectivity index (χ3v) is 3.14. The number of aryl methyl sites for hydroxylation is 3. The number of rotatable bonds is 2. The van der Waals surface area contributed by atoms with E-state index in [1.807, 2.05) is 41.5 Å². The molecule has 0 spiro atoms. The first kappa shape index (κ1) is 14.7. The first-order valence-corrected chi connectivity index (χ1v) is 6.27. The van der Waals surface area contributed by atoms with Crippen molar-refractivity contribution in [3.05, 3.63) is 28.8 Å². The van der Waals surface area contributed by atoms with Gasteiger partial charge in [-0.15, -0.1) is 0 Å². The Kier molecular flexibility index (Phi) is 4.17. The van der Waals surface area contributed by atoms with Crippen molar-refractivity contribution >= 4 is 11.6 Å². The topological polar surface area (TPSA) is 55.1 Å². The summed E-state index contributed by atoms with van der Waals surface area (Å²) in [7, 11) is 0. The van der Waals surface area contributed by atoms with Gasteiger partial charge in [-0.2, -0.15) is 0 Å². The molecule has 0 radical (unpaired) electrons. The highest BCUT2D eigenvalue weighted by Gasteiger charge is 2.27. The van der Waals surface area contributed by atoms with E-state index in [2.05, 4.69) is 17.4 Å². The predicted molar refractivity (Wildman–Crippen MR) is 76.7 cm³/mol. The summed E-state index contributed by atoms with van der Waals surface area (Å²) in [6, 6.07) is 3.61. The second-order valence-electron chi connectivity index (χ2n) is 6.11. The Hall–Kier alpha value is -1.35. The first-order valence-electron chi connectivity index (χ1n) is 6.27. The van der Waals surface area contributed by atoms with Crippen LogP contribution in [-0.2, 0) is 4.79 Å². The van der Waals surface area contributed by atoms with Crippen molar-refractivity contribution in [2.75, 3.05) is 5.32 Å². The molecule has 1 rings (SSSR count). The van der Waals surface area contributed by atoms with E-state index >= 15 is 0 Å². The molecule has 0 heterocycles. The number of amides is 1. The van der Waals surface area contributed by atoms with Gasteiger partial charge in [0.15, 0.2) is 0 Å². The molecular weight excluding hydrogens is 224 g/mol. The number of carbonyl (C=O) groups excluding carboxylic acids is 1. The summed E-state index contributed by atoms with van der Waals surface area (Å²) in [5.41, 5.74) is 9.94. The zero-order chi connectivity index (χ0) is 14.1. The van der Waals surface area contributed by atoms with Gasteiger partial charge < -0.3 is 11.1 Å². The van der Waals surface area contributed by atoms with Gasteiger partial charge in [0.25, 0.3) is 0 Å². The summed E-state index contributed by atoms with van der Waals surface area (Å²) in [6.45, 7) is 11.9. The van der Waals surface area contributed by atoms with Crippen LogP contribution in [0, 0.1) is 26.2 Å². The average molecular weight is 248 g/mol. The van der Waals surface area contributed by atoms with Crippen LogP contribution >= 0.6 is 0 Å². The second-order valence-corrected chi connectivity index (χ2v) is 6.11. The lowest BCUT2D eigenvalue weighted by molar-refractivity contribution is -0.119. The van der Waals surface area contributed by atoms with Gasteiger partial charge >= 0.3 is 0 Å². The lowest BCUT2D eigenvalue weighted by atomic mass is 9.87. The Morgan fingerprint density at radius 2 is 1.61 bits per heavy atom. The molecule has 0 aliphatic heterocycles. The van der Waals surface area contributed by atoms with Crippen LogP contribution in [0.3, 0.4) is 0 Å². The number of hydrogen-bond acceptors (Lipinski definition) is 2. The molecule has 3 heteroatoms. The van der Waals surface area contributed by atoms with Crippen LogP contribution in [0.5, 0.6) is 0 Å². The minimum atomic E-state index is -0.516. The molecule has 3 N–H and O–H groups in total. The Balaban J connectivity index is 2.96. The highest BCUT2D eigenvalue weighted by molar-refractivity contribution is 5.96. The van der Waals surface area contributed by atoms with Gasteiger partial charge in [0.2, 0.25) is 5.91 Å². The number of hydrogen-bond donors (Lipinski definition) is 2. The van der Waals surface area contributed by atoms with E-state index in [0.29, 0.717) is 0 Å². The van der Waals surface area contributed by atoms with Crippen molar-refractivity contribution in [2.24, 2.45) is 11.1 Å². The first-order chi connectivity index (χ1) is 8.12. The molecule has 1 aromatic rings. The Labute approximate surface area is 110 Å². The molecule has 0 unspecified atom stereocenters. The number of benzene rings is 1. The van der Waals surface area contributed by atoms with E-state index < -0.39 is 6.04 Å². The lowest BCUT2D eigenvalue weighted by Crippen LogP contribution is -2.45. The largest absolute Gasteiger partial charge is 0.324 e. The van der Waals surface area contributed by atoms with Crippen molar-refractivity contribution < 1.29 is 4.79 Å². The second kappa shape index (κ2) is 5.11. The van der Waals surface area contributed by atoms with Crippen molar-refractivity contribution in [1.82, 2.24) is 0 Å². The number of carbonyl (C=O) groups is 1. The van der Waals surface area contributed by atoms with E-state index in [1.165, 1.54) is 5.56 Å². The van der Waals surface area contributed by atoms with Gasteiger partial charge in [0, 0.05) is 5.69 Å². The zero-order valence-electron chi connectivity index (χ0n) is 12.2.